The number of hydrogen-bond acceptors (Lipinski definition) is 2. The van der Waals surface area contributed by atoms with Crippen LogP contribution in [-0.2, 0) is 6.42 Å². The first-order chi connectivity index (χ1) is 9.65. The summed E-state index contributed by atoms with van der Waals surface area (Å²) in [6.07, 6.45) is 5.33. The molecule has 2 nitrogen and oxygen atoms in total. The van der Waals surface area contributed by atoms with Crippen LogP contribution in [0.5, 0.6) is 0 Å². The molecule has 20 heavy (non-hydrogen) atoms. The van der Waals surface area contributed by atoms with Crippen molar-refractivity contribution in [3.63, 3.8) is 0 Å². The van der Waals surface area contributed by atoms with Gasteiger partial charge in [-0.1, -0.05) is 30.2 Å². The van der Waals surface area contributed by atoms with Gasteiger partial charge in [-0.3, -0.25) is 0 Å². The second-order valence-corrected chi connectivity index (χ2v) is 6.40. The van der Waals surface area contributed by atoms with Crippen LogP contribution >= 0.6 is 0 Å². The second kappa shape index (κ2) is 7.80. The smallest absolute Gasteiger partial charge is 0.0166 e. The summed E-state index contributed by atoms with van der Waals surface area (Å²) in [5.41, 5.74) is 4.27. The SMILES string of the molecule is Cc1ccc(C)c(CCNC(C)CN2CCCCC2)c1. The minimum Gasteiger partial charge on any atom is -0.313 e. The van der Waals surface area contributed by atoms with Crippen LogP contribution in [0.1, 0.15) is 42.9 Å². The maximum Gasteiger partial charge on any atom is 0.0166 e. The number of piperidine rings is 1. The van der Waals surface area contributed by atoms with Gasteiger partial charge in [0, 0.05) is 12.6 Å². The van der Waals surface area contributed by atoms with Crippen LogP contribution in [0.4, 0.5) is 0 Å². The minimum atomic E-state index is 0.596. The second-order valence-electron chi connectivity index (χ2n) is 6.40. The van der Waals surface area contributed by atoms with E-state index >= 15 is 0 Å². The van der Waals surface area contributed by atoms with Gasteiger partial charge in [0.1, 0.15) is 0 Å². The highest BCUT2D eigenvalue weighted by Gasteiger charge is 2.12. The monoisotopic (exact) mass is 274 g/mol. The fourth-order valence-corrected chi connectivity index (χ4v) is 3.12. The van der Waals surface area contributed by atoms with Gasteiger partial charge in [-0.05, 0) is 70.8 Å². The van der Waals surface area contributed by atoms with Crippen LogP contribution in [0.25, 0.3) is 0 Å². The van der Waals surface area contributed by atoms with E-state index in [-0.39, 0.29) is 0 Å². The number of likely N-dealkylation sites (tertiary alicyclic amines) is 1. The molecule has 0 radical (unpaired) electrons. The third-order valence-corrected chi connectivity index (χ3v) is 4.37. The summed E-state index contributed by atoms with van der Waals surface area (Å²) in [5, 5.41) is 3.68. The number of rotatable bonds is 6. The summed E-state index contributed by atoms with van der Waals surface area (Å²) in [4.78, 5) is 2.61. The molecule has 0 spiro atoms. The van der Waals surface area contributed by atoms with Gasteiger partial charge in [-0.25, -0.2) is 0 Å². The molecule has 0 aromatic heterocycles. The lowest BCUT2D eigenvalue weighted by molar-refractivity contribution is 0.209. The Morgan fingerprint density at radius 3 is 2.65 bits per heavy atom. The molecule has 1 aromatic carbocycles. The highest BCUT2D eigenvalue weighted by Crippen LogP contribution is 2.11. The van der Waals surface area contributed by atoms with E-state index in [0.29, 0.717) is 6.04 Å². The van der Waals surface area contributed by atoms with Crippen LogP contribution in [0, 0.1) is 13.8 Å². The zero-order valence-electron chi connectivity index (χ0n) is 13.4. The maximum atomic E-state index is 3.68. The Bertz CT molecular complexity index is 408. The van der Waals surface area contributed by atoms with E-state index in [0.717, 1.165) is 13.0 Å². The van der Waals surface area contributed by atoms with Crippen molar-refractivity contribution < 1.29 is 0 Å². The quantitative estimate of drug-likeness (QED) is 0.856. The van der Waals surface area contributed by atoms with Gasteiger partial charge in [-0.2, -0.15) is 0 Å². The van der Waals surface area contributed by atoms with Gasteiger partial charge < -0.3 is 10.2 Å². The fraction of sp³-hybridized carbons (Fsp3) is 0.667. The molecule has 0 aliphatic carbocycles. The highest BCUT2D eigenvalue weighted by molar-refractivity contribution is 5.30. The van der Waals surface area contributed by atoms with Crippen molar-refractivity contribution in [2.75, 3.05) is 26.2 Å². The first-order valence-electron chi connectivity index (χ1n) is 8.17. The zero-order chi connectivity index (χ0) is 14.4. The van der Waals surface area contributed by atoms with Crippen LogP contribution in [-0.4, -0.2) is 37.1 Å². The summed E-state index contributed by atoms with van der Waals surface area (Å²) in [6.45, 7) is 11.6. The van der Waals surface area contributed by atoms with Crippen LogP contribution < -0.4 is 5.32 Å². The van der Waals surface area contributed by atoms with Crippen LogP contribution in [0.3, 0.4) is 0 Å². The third kappa shape index (κ3) is 4.92. The van der Waals surface area contributed by atoms with Crippen molar-refractivity contribution in [3.05, 3.63) is 34.9 Å². The molecule has 0 bridgehead atoms. The van der Waals surface area contributed by atoms with E-state index in [1.807, 2.05) is 0 Å². The Labute approximate surface area is 124 Å². The first-order valence-corrected chi connectivity index (χ1v) is 8.17. The van der Waals surface area contributed by atoms with E-state index in [4.69, 9.17) is 0 Å². The van der Waals surface area contributed by atoms with Crippen molar-refractivity contribution in [1.29, 1.82) is 0 Å². The molecule has 1 aliphatic heterocycles. The first kappa shape index (κ1) is 15.5. The van der Waals surface area contributed by atoms with Crippen molar-refractivity contribution in [2.24, 2.45) is 0 Å². The summed E-state index contributed by atoms with van der Waals surface area (Å²) < 4.78 is 0. The van der Waals surface area contributed by atoms with Gasteiger partial charge >= 0.3 is 0 Å². The Kier molecular flexibility index (Phi) is 6.06. The zero-order valence-corrected chi connectivity index (χ0v) is 13.4. The maximum absolute atomic E-state index is 3.68. The molecule has 1 saturated heterocycles. The van der Waals surface area contributed by atoms with Crippen molar-refractivity contribution >= 4 is 0 Å². The molecule has 1 N–H and O–H groups in total. The Hall–Kier alpha value is -0.860. The Morgan fingerprint density at radius 2 is 1.90 bits per heavy atom. The number of hydrogen-bond donors (Lipinski definition) is 1. The lowest BCUT2D eigenvalue weighted by atomic mass is 10.0. The fourth-order valence-electron chi connectivity index (χ4n) is 3.12. The van der Waals surface area contributed by atoms with E-state index in [1.165, 1.54) is 55.6 Å². The number of benzene rings is 1. The predicted molar refractivity (Wildman–Crippen MR) is 87.4 cm³/mol. The van der Waals surface area contributed by atoms with Gasteiger partial charge in [0.25, 0.3) is 0 Å². The summed E-state index contributed by atoms with van der Waals surface area (Å²) in [5.74, 6) is 0. The lowest BCUT2D eigenvalue weighted by Gasteiger charge is -2.29. The predicted octanol–water partition coefficient (Wildman–Crippen LogP) is 3.31. The number of nitrogens with zero attached hydrogens (tertiary/aromatic N) is 1. The molecule has 0 amide bonds. The average Bonchev–Trinajstić information content (AvgIpc) is 2.44. The topological polar surface area (TPSA) is 15.3 Å². The standard InChI is InChI=1S/C18H30N2/c1-15-7-8-16(2)18(13-15)9-10-19-17(3)14-20-11-5-4-6-12-20/h7-8,13,17,19H,4-6,9-12,14H2,1-3H3. The van der Waals surface area contributed by atoms with Gasteiger partial charge in [0.15, 0.2) is 0 Å². The molecule has 1 unspecified atom stereocenters. The van der Waals surface area contributed by atoms with Gasteiger partial charge in [0.05, 0.1) is 0 Å². The molecule has 1 fully saturated rings. The third-order valence-electron chi connectivity index (χ3n) is 4.37. The average molecular weight is 274 g/mol. The van der Waals surface area contributed by atoms with E-state index < -0.39 is 0 Å². The molecule has 112 valence electrons. The summed E-state index contributed by atoms with van der Waals surface area (Å²) in [6, 6.07) is 7.36. The molecule has 1 aliphatic rings. The van der Waals surface area contributed by atoms with Crippen LogP contribution in [0.2, 0.25) is 0 Å². The number of aryl methyl sites for hydroxylation is 2. The van der Waals surface area contributed by atoms with E-state index in [1.54, 1.807) is 0 Å². The molecule has 2 rings (SSSR count). The Morgan fingerprint density at radius 1 is 1.15 bits per heavy atom. The van der Waals surface area contributed by atoms with Gasteiger partial charge in [-0.15, -0.1) is 0 Å². The largest absolute Gasteiger partial charge is 0.313 e. The highest BCUT2D eigenvalue weighted by atomic mass is 15.1. The van der Waals surface area contributed by atoms with Crippen molar-refractivity contribution in [3.8, 4) is 0 Å². The molecular formula is C18H30N2. The lowest BCUT2D eigenvalue weighted by Crippen LogP contribution is -2.42. The minimum absolute atomic E-state index is 0.596. The summed E-state index contributed by atoms with van der Waals surface area (Å²) in [7, 11) is 0. The van der Waals surface area contributed by atoms with E-state index in [9.17, 15) is 0 Å². The van der Waals surface area contributed by atoms with Crippen molar-refractivity contribution in [1.82, 2.24) is 10.2 Å². The number of nitrogens with one attached hydrogen (secondary N) is 1. The molecule has 1 heterocycles. The normalized spacial score (nSPS) is 18.1. The van der Waals surface area contributed by atoms with E-state index in [2.05, 4.69) is 49.2 Å². The molecule has 1 atom stereocenters. The molecule has 0 saturated carbocycles. The molecule has 2 heteroatoms. The molecular weight excluding hydrogens is 244 g/mol. The Balaban J connectivity index is 1.70. The van der Waals surface area contributed by atoms with Crippen molar-refractivity contribution in [2.45, 2.75) is 52.5 Å². The van der Waals surface area contributed by atoms with Gasteiger partial charge in [0.2, 0.25) is 0 Å². The van der Waals surface area contributed by atoms with Crippen LogP contribution in [0.15, 0.2) is 18.2 Å². The summed E-state index contributed by atoms with van der Waals surface area (Å²) >= 11 is 0. The molecule has 1 aromatic rings.